The number of ether oxygens (including phenoxy) is 1. The van der Waals surface area contributed by atoms with Crippen LogP contribution in [0.4, 0.5) is 8.78 Å². The number of nitrogens with one attached hydrogen (secondary N) is 1. The molecular weight excluding hydrogens is 638 g/mol. The number of rotatable bonds is 8. The number of benzene rings is 1. The number of carbonyl (C=O) groups excluding carboxylic acids is 1. The van der Waals surface area contributed by atoms with Gasteiger partial charge in [-0.2, -0.15) is 0 Å². The minimum absolute atomic E-state index is 0.0665. The first-order valence-electron chi connectivity index (χ1n) is 14.2. The number of hydrogen-bond donors (Lipinski definition) is 2. The summed E-state index contributed by atoms with van der Waals surface area (Å²) in [5.74, 6) is -4.50. The minimum atomic E-state index is -3.65. The summed E-state index contributed by atoms with van der Waals surface area (Å²) in [6.45, 7) is 2.29. The predicted molar refractivity (Wildman–Crippen MR) is 161 cm³/mol. The normalized spacial score (nSPS) is 25.3. The molecule has 15 heteroatoms. The van der Waals surface area contributed by atoms with Crippen LogP contribution in [0, 0.1) is 28.9 Å². The van der Waals surface area contributed by atoms with Gasteiger partial charge in [0.1, 0.15) is 6.04 Å². The Morgan fingerprint density at radius 3 is 2.48 bits per heavy atom. The van der Waals surface area contributed by atoms with Gasteiger partial charge in [0.05, 0.1) is 29.4 Å². The molecule has 1 aromatic heterocycles. The van der Waals surface area contributed by atoms with Crippen molar-refractivity contribution in [3.05, 3.63) is 62.2 Å². The average Bonchev–Trinajstić information content (AvgIpc) is 3.54. The van der Waals surface area contributed by atoms with Crippen molar-refractivity contribution in [2.45, 2.75) is 51.5 Å². The summed E-state index contributed by atoms with van der Waals surface area (Å²) in [4.78, 5) is 33.6. The molecule has 3 heterocycles. The molecule has 0 amide bonds. The molecule has 5 rings (SSSR count). The summed E-state index contributed by atoms with van der Waals surface area (Å²) in [5, 5.41) is 14.3. The van der Waals surface area contributed by atoms with Crippen LogP contribution in [-0.2, 0) is 24.3 Å². The van der Waals surface area contributed by atoms with Gasteiger partial charge in [0.25, 0.3) is 0 Å². The maximum absolute atomic E-state index is 14.6. The number of methoxy groups -OCH3 is 1. The van der Waals surface area contributed by atoms with E-state index in [0.717, 1.165) is 6.07 Å². The minimum Gasteiger partial charge on any atom is -0.481 e. The van der Waals surface area contributed by atoms with E-state index in [2.05, 4.69) is 15.3 Å². The third kappa shape index (κ3) is 6.53. The summed E-state index contributed by atoms with van der Waals surface area (Å²) in [5.41, 5.74) is 0.0804. The number of halogens is 3. The molecule has 3 aliphatic rings. The third-order valence-electron chi connectivity index (χ3n) is 8.80. The Bertz CT molecular complexity index is 1600. The van der Waals surface area contributed by atoms with Crippen LogP contribution in [0.3, 0.4) is 0 Å². The number of carboxylic acids is 1. The fraction of sp³-hybridized carbons (Fsp3) is 0.517. The van der Waals surface area contributed by atoms with Crippen molar-refractivity contribution in [1.82, 2.24) is 14.6 Å². The molecule has 0 spiro atoms. The molecule has 1 atom stereocenters. The first kappa shape index (κ1) is 32.5. The van der Waals surface area contributed by atoms with E-state index in [1.807, 2.05) is 6.92 Å². The standard InChI is InChI=1S/C29H33ClF2N4O6S2/c1-29(9-5-17(6-10-29)27(37)38)15-44(40,41)36-12-7-16(8-13-36)23-20(28(39)42-2)24(18-3-4-19(31)22(32)21(18)30)35-25(34-23)26-33-11-14-43-26/h3-4,11,14,16-17,24H,5-10,12-13,15H2,1-2H3,(H,34,35)(H,37,38)/t17?,24-,29?/m1/s1. The average molecular weight is 671 g/mol. The highest BCUT2D eigenvalue weighted by Crippen LogP contribution is 2.43. The van der Waals surface area contributed by atoms with Gasteiger partial charge in [-0.05, 0) is 50.0 Å². The van der Waals surface area contributed by atoms with Crippen LogP contribution in [0.25, 0.3) is 0 Å². The number of allylic oxidation sites excluding steroid dienone is 1. The Morgan fingerprint density at radius 1 is 1.20 bits per heavy atom. The number of carboxylic acid groups (broad SMARTS) is 1. The lowest BCUT2D eigenvalue weighted by Crippen LogP contribution is -2.46. The lowest BCUT2D eigenvalue weighted by Gasteiger charge is -2.39. The monoisotopic (exact) mass is 670 g/mol. The maximum atomic E-state index is 14.6. The topological polar surface area (TPSA) is 138 Å². The van der Waals surface area contributed by atoms with Crippen molar-refractivity contribution in [1.29, 1.82) is 0 Å². The molecule has 0 unspecified atom stereocenters. The summed E-state index contributed by atoms with van der Waals surface area (Å²) >= 11 is 7.53. The highest BCUT2D eigenvalue weighted by Gasteiger charge is 2.42. The Morgan fingerprint density at radius 2 is 1.89 bits per heavy atom. The van der Waals surface area contributed by atoms with E-state index in [0.29, 0.717) is 55.1 Å². The Kier molecular flexibility index (Phi) is 9.45. The largest absolute Gasteiger partial charge is 0.481 e. The highest BCUT2D eigenvalue weighted by atomic mass is 35.5. The Labute approximate surface area is 263 Å². The number of sulfonamides is 1. The molecule has 2 fully saturated rings. The number of nitrogens with zero attached hydrogens (tertiary/aromatic N) is 3. The molecule has 1 aliphatic carbocycles. The molecule has 10 nitrogen and oxygen atoms in total. The number of thiazole rings is 1. The van der Waals surface area contributed by atoms with Crippen molar-refractivity contribution in [2.75, 3.05) is 26.0 Å². The zero-order chi connectivity index (χ0) is 31.8. The zero-order valence-electron chi connectivity index (χ0n) is 24.2. The molecule has 44 heavy (non-hydrogen) atoms. The van der Waals surface area contributed by atoms with Crippen LogP contribution in [0.1, 0.15) is 62.1 Å². The number of aliphatic imine (C=N–C) groups is 1. The Hall–Kier alpha value is -2.94. The van der Waals surface area contributed by atoms with Crippen LogP contribution in [0.2, 0.25) is 5.02 Å². The van der Waals surface area contributed by atoms with Crippen molar-refractivity contribution >= 4 is 50.7 Å². The number of hydrogen-bond acceptors (Lipinski definition) is 9. The number of piperidine rings is 1. The number of aliphatic carboxylic acids is 1. The molecule has 2 aliphatic heterocycles. The fourth-order valence-corrected chi connectivity index (χ4v) is 9.27. The predicted octanol–water partition coefficient (Wildman–Crippen LogP) is 4.92. The third-order valence-corrected chi connectivity index (χ3v) is 12.2. The van der Waals surface area contributed by atoms with E-state index >= 15 is 0 Å². The van der Waals surface area contributed by atoms with E-state index in [4.69, 9.17) is 16.3 Å². The maximum Gasteiger partial charge on any atom is 0.338 e. The first-order valence-corrected chi connectivity index (χ1v) is 17.1. The van der Waals surface area contributed by atoms with Crippen LogP contribution in [0.15, 0.2) is 40.0 Å². The van der Waals surface area contributed by atoms with Gasteiger partial charge >= 0.3 is 11.9 Å². The van der Waals surface area contributed by atoms with Gasteiger partial charge < -0.3 is 15.2 Å². The van der Waals surface area contributed by atoms with Gasteiger partial charge in [0.2, 0.25) is 10.0 Å². The van der Waals surface area contributed by atoms with Crippen LogP contribution in [0.5, 0.6) is 0 Å². The molecule has 2 aromatic rings. The second-order valence-electron chi connectivity index (χ2n) is 11.8. The highest BCUT2D eigenvalue weighted by molar-refractivity contribution is 7.89. The molecule has 1 aromatic carbocycles. The van der Waals surface area contributed by atoms with Crippen LogP contribution in [-0.4, -0.2) is 66.5 Å². The molecular formula is C29H33ClF2N4O6S2. The summed E-state index contributed by atoms with van der Waals surface area (Å²) in [7, 11) is -2.45. The van der Waals surface area contributed by atoms with E-state index < -0.39 is 56.0 Å². The fourth-order valence-electron chi connectivity index (χ4n) is 6.31. The lowest BCUT2D eigenvalue weighted by atomic mass is 9.73. The van der Waals surface area contributed by atoms with Crippen LogP contribution < -0.4 is 5.32 Å². The second kappa shape index (κ2) is 12.8. The number of esters is 1. The molecule has 238 valence electrons. The van der Waals surface area contributed by atoms with Crippen molar-refractivity contribution in [3.63, 3.8) is 0 Å². The van der Waals surface area contributed by atoms with Gasteiger partial charge in [-0.15, -0.1) is 11.3 Å². The van der Waals surface area contributed by atoms with Crippen LogP contribution >= 0.6 is 22.9 Å². The zero-order valence-corrected chi connectivity index (χ0v) is 26.6. The van der Waals surface area contributed by atoms with Gasteiger partial charge in [-0.3, -0.25) is 9.79 Å². The van der Waals surface area contributed by atoms with Gasteiger partial charge in [-0.25, -0.2) is 31.3 Å². The van der Waals surface area contributed by atoms with Crippen molar-refractivity contribution in [2.24, 2.45) is 22.2 Å². The van der Waals surface area contributed by atoms with E-state index in [1.54, 1.807) is 11.6 Å². The number of carbonyl (C=O) groups is 2. The van der Waals surface area contributed by atoms with Gasteiger partial charge in [0.15, 0.2) is 22.5 Å². The van der Waals surface area contributed by atoms with Crippen molar-refractivity contribution < 1.29 is 36.6 Å². The molecule has 0 radical (unpaired) electrons. The quantitative estimate of drug-likeness (QED) is 0.298. The second-order valence-corrected chi connectivity index (χ2v) is 15.0. The summed E-state index contributed by atoms with van der Waals surface area (Å²) < 4.78 is 62.2. The SMILES string of the molecule is COC(=O)C1=C(C2CCN(S(=O)(=O)CC3(C)CCC(C(=O)O)CC3)CC2)NC(c2nccs2)=N[C@@H]1c1ccc(F)c(F)c1Cl. The van der Waals surface area contributed by atoms with E-state index in [-0.39, 0.29) is 35.9 Å². The molecule has 1 saturated carbocycles. The van der Waals surface area contributed by atoms with Crippen molar-refractivity contribution in [3.8, 4) is 0 Å². The van der Waals surface area contributed by atoms with Gasteiger partial charge in [-0.1, -0.05) is 24.6 Å². The molecule has 1 saturated heterocycles. The lowest BCUT2D eigenvalue weighted by molar-refractivity contribution is -0.143. The number of amidine groups is 1. The summed E-state index contributed by atoms with van der Waals surface area (Å²) in [6.07, 6.45) is 4.25. The first-order chi connectivity index (χ1) is 20.8. The van der Waals surface area contributed by atoms with E-state index in [1.165, 1.54) is 28.8 Å². The summed E-state index contributed by atoms with van der Waals surface area (Å²) in [6, 6.07) is 1.06. The van der Waals surface area contributed by atoms with E-state index in [9.17, 15) is 31.9 Å². The number of aromatic nitrogens is 1. The van der Waals surface area contributed by atoms with Gasteiger partial charge in [0, 0.05) is 41.8 Å². The smallest absolute Gasteiger partial charge is 0.338 e. The Balaban J connectivity index is 1.42. The molecule has 0 bridgehead atoms. The molecule has 2 N–H and O–H groups in total.